The Kier molecular flexibility index (Phi) is 5.16. The molecule has 0 bridgehead atoms. The van der Waals surface area contributed by atoms with Crippen LogP contribution in [0.2, 0.25) is 0 Å². The highest BCUT2D eigenvalue weighted by Gasteiger charge is 2.40. The van der Waals surface area contributed by atoms with Gasteiger partial charge in [-0.3, -0.25) is 0 Å². The fourth-order valence-corrected chi connectivity index (χ4v) is 7.30. The van der Waals surface area contributed by atoms with Crippen molar-refractivity contribution < 1.29 is 0 Å². The minimum Gasteiger partial charge on any atom is -0.383 e. The molecule has 0 amide bonds. The van der Waals surface area contributed by atoms with Crippen LogP contribution in [0.3, 0.4) is 0 Å². The summed E-state index contributed by atoms with van der Waals surface area (Å²) in [6, 6.07) is 0. The first-order valence-corrected chi connectivity index (χ1v) is 9.29. The van der Waals surface area contributed by atoms with Crippen LogP contribution < -0.4 is 5.32 Å². The summed E-state index contributed by atoms with van der Waals surface area (Å²) in [5.41, 5.74) is 4.32. The van der Waals surface area contributed by atoms with Crippen LogP contribution >= 0.6 is 7.92 Å². The van der Waals surface area contributed by atoms with Crippen LogP contribution in [-0.4, -0.2) is 22.5 Å². The standard InChI is InChI=1S/C17H34NP/c1-12(2)19(13(3)4)14(5)10-15-16(6,7)11-17(8,9)18-15/h10,12-14,18H,11H2,1-9H3. The van der Waals surface area contributed by atoms with Gasteiger partial charge in [-0.25, -0.2) is 0 Å². The van der Waals surface area contributed by atoms with Gasteiger partial charge in [-0.15, -0.1) is 0 Å². The topological polar surface area (TPSA) is 12.0 Å². The van der Waals surface area contributed by atoms with Gasteiger partial charge in [0.15, 0.2) is 0 Å². The van der Waals surface area contributed by atoms with E-state index in [1.165, 1.54) is 12.1 Å². The average Bonchev–Trinajstić information content (AvgIpc) is 2.31. The van der Waals surface area contributed by atoms with E-state index in [0.29, 0.717) is 11.1 Å². The molecule has 1 rings (SSSR count). The molecule has 2 heteroatoms. The van der Waals surface area contributed by atoms with Crippen molar-refractivity contribution in [3.05, 3.63) is 11.8 Å². The second kappa shape index (κ2) is 5.76. The van der Waals surface area contributed by atoms with Gasteiger partial charge >= 0.3 is 0 Å². The number of allylic oxidation sites excluding steroid dienone is 2. The van der Waals surface area contributed by atoms with E-state index in [1.807, 2.05) is 0 Å². The van der Waals surface area contributed by atoms with E-state index >= 15 is 0 Å². The van der Waals surface area contributed by atoms with Crippen LogP contribution in [0.1, 0.15) is 68.7 Å². The highest BCUT2D eigenvalue weighted by Crippen LogP contribution is 2.52. The van der Waals surface area contributed by atoms with Crippen LogP contribution in [0.25, 0.3) is 0 Å². The van der Waals surface area contributed by atoms with Crippen molar-refractivity contribution in [3.63, 3.8) is 0 Å². The minimum absolute atomic E-state index is 0.0553. The summed E-state index contributed by atoms with van der Waals surface area (Å²) in [6.45, 7) is 21.3. The first-order valence-electron chi connectivity index (χ1n) is 7.74. The molecule has 0 aliphatic carbocycles. The summed E-state index contributed by atoms with van der Waals surface area (Å²) >= 11 is 0. The Labute approximate surface area is 122 Å². The molecule has 0 aromatic carbocycles. The van der Waals surface area contributed by atoms with Crippen LogP contribution in [-0.2, 0) is 0 Å². The minimum atomic E-state index is 0.0553. The smallest absolute Gasteiger partial charge is 0.0323 e. The third-order valence-corrected chi connectivity index (χ3v) is 7.63. The van der Waals surface area contributed by atoms with Crippen molar-refractivity contribution >= 4 is 7.92 Å². The van der Waals surface area contributed by atoms with E-state index in [9.17, 15) is 0 Å². The SMILES string of the molecule is CC(C)P(C(C)C)C(C)C=C1NC(C)(C)CC1(C)C. The van der Waals surface area contributed by atoms with Crippen LogP contribution in [0, 0.1) is 5.41 Å². The Morgan fingerprint density at radius 1 is 1.00 bits per heavy atom. The maximum absolute atomic E-state index is 3.76. The first kappa shape index (κ1) is 17.0. The van der Waals surface area contributed by atoms with Gasteiger partial charge in [-0.2, -0.15) is 0 Å². The van der Waals surface area contributed by atoms with Gasteiger partial charge in [0.25, 0.3) is 0 Å². The Hall–Kier alpha value is -0.0300. The predicted octanol–water partition coefficient (Wildman–Crippen LogP) is 5.36. The predicted molar refractivity (Wildman–Crippen MR) is 90.3 cm³/mol. The average molecular weight is 283 g/mol. The lowest BCUT2D eigenvalue weighted by Crippen LogP contribution is -2.31. The molecule has 1 nitrogen and oxygen atoms in total. The zero-order valence-electron chi connectivity index (χ0n) is 14.5. The lowest BCUT2D eigenvalue weighted by Gasteiger charge is -2.31. The Balaban J connectivity index is 2.95. The van der Waals surface area contributed by atoms with Gasteiger partial charge < -0.3 is 5.32 Å². The van der Waals surface area contributed by atoms with Crippen molar-refractivity contribution in [1.82, 2.24) is 5.32 Å². The van der Waals surface area contributed by atoms with Gasteiger partial charge in [0.05, 0.1) is 0 Å². The summed E-state index contributed by atoms with van der Waals surface area (Å²) in [6.07, 6.45) is 3.76. The second-order valence-corrected chi connectivity index (χ2v) is 11.8. The zero-order valence-corrected chi connectivity index (χ0v) is 15.4. The molecule has 0 aromatic heterocycles. The fourth-order valence-electron chi connectivity index (χ4n) is 3.91. The van der Waals surface area contributed by atoms with Gasteiger partial charge in [0.2, 0.25) is 0 Å². The number of hydrogen-bond acceptors (Lipinski definition) is 1. The molecule has 1 saturated heterocycles. The number of nitrogens with one attached hydrogen (secondary N) is 1. The summed E-state index contributed by atoms with van der Waals surface area (Å²) in [4.78, 5) is 0. The molecule has 0 saturated carbocycles. The summed E-state index contributed by atoms with van der Waals surface area (Å²) < 4.78 is 0. The molecule has 0 spiro atoms. The van der Waals surface area contributed by atoms with Crippen molar-refractivity contribution in [2.75, 3.05) is 0 Å². The van der Waals surface area contributed by atoms with E-state index < -0.39 is 0 Å². The Morgan fingerprint density at radius 2 is 1.47 bits per heavy atom. The zero-order chi connectivity index (χ0) is 15.0. The molecule has 1 N–H and O–H groups in total. The van der Waals surface area contributed by atoms with Gasteiger partial charge in [-0.05, 0) is 37.2 Å². The highest BCUT2D eigenvalue weighted by atomic mass is 31.1. The molecule has 112 valence electrons. The van der Waals surface area contributed by atoms with Gasteiger partial charge in [0, 0.05) is 16.7 Å². The van der Waals surface area contributed by atoms with E-state index in [-0.39, 0.29) is 13.5 Å². The van der Waals surface area contributed by atoms with Crippen molar-refractivity contribution in [2.45, 2.75) is 91.3 Å². The van der Waals surface area contributed by atoms with E-state index in [4.69, 9.17) is 0 Å². The van der Waals surface area contributed by atoms with Crippen molar-refractivity contribution in [1.29, 1.82) is 0 Å². The number of rotatable bonds is 4. The molecule has 1 heterocycles. The maximum Gasteiger partial charge on any atom is 0.0323 e. The molecule has 19 heavy (non-hydrogen) atoms. The van der Waals surface area contributed by atoms with Crippen molar-refractivity contribution in [2.24, 2.45) is 5.41 Å². The molecular weight excluding hydrogens is 249 g/mol. The largest absolute Gasteiger partial charge is 0.383 e. The summed E-state index contributed by atoms with van der Waals surface area (Å²) in [5, 5.41) is 3.76. The van der Waals surface area contributed by atoms with E-state index in [2.05, 4.69) is 73.7 Å². The van der Waals surface area contributed by atoms with E-state index in [1.54, 1.807) is 0 Å². The molecule has 1 aliphatic heterocycles. The lowest BCUT2D eigenvalue weighted by atomic mass is 9.83. The molecule has 0 radical (unpaired) electrons. The highest BCUT2D eigenvalue weighted by molar-refractivity contribution is 7.60. The summed E-state index contributed by atoms with van der Waals surface area (Å²) in [7, 11) is 0.0553. The molecule has 1 aliphatic rings. The lowest BCUT2D eigenvalue weighted by molar-refractivity contribution is 0.380. The van der Waals surface area contributed by atoms with Crippen LogP contribution in [0.4, 0.5) is 0 Å². The Bertz CT molecular complexity index is 331. The van der Waals surface area contributed by atoms with Gasteiger partial charge in [-0.1, -0.05) is 62.5 Å². The van der Waals surface area contributed by atoms with Crippen LogP contribution in [0.5, 0.6) is 0 Å². The van der Waals surface area contributed by atoms with E-state index in [0.717, 1.165) is 11.3 Å². The molecular formula is C17H34NP. The number of hydrogen-bond donors (Lipinski definition) is 1. The molecule has 1 atom stereocenters. The quantitative estimate of drug-likeness (QED) is 0.685. The third kappa shape index (κ3) is 4.22. The van der Waals surface area contributed by atoms with Gasteiger partial charge in [0.1, 0.15) is 0 Å². The normalized spacial score (nSPS) is 25.4. The third-order valence-electron chi connectivity index (χ3n) is 4.16. The van der Waals surface area contributed by atoms with Crippen LogP contribution in [0.15, 0.2) is 11.8 Å². The second-order valence-electron chi connectivity index (χ2n) is 8.03. The molecule has 1 unspecified atom stereocenters. The first-order chi connectivity index (χ1) is 8.46. The maximum atomic E-state index is 3.76. The monoisotopic (exact) mass is 283 g/mol. The van der Waals surface area contributed by atoms with Crippen molar-refractivity contribution in [3.8, 4) is 0 Å². The fraction of sp³-hybridized carbons (Fsp3) is 0.882. The molecule has 1 fully saturated rings. The summed E-state index contributed by atoms with van der Waals surface area (Å²) in [5.74, 6) is 0. The Morgan fingerprint density at radius 3 is 1.79 bits per heavy atom. The molecule has 0 aromatic rings.